The van der Waals surface area contributed by atoms with Crippen LogP contribution in [0.4, 0.5) is 0 Å². The van der Waals surface area contributed by atoms with Gasteiger partial charge in [0.1, 0.15) is 5.78 Å². The molecule has 1 rings (SSSR count). The molecule has 0 aromatic heterocycles. The molecule has 0 spiro atoms. The van der Waals surface area contributed by atoms with Crippen molar-refractivity contribution < 1.29 is 9.59 Å². The third-order valence-electron chi connectivity index (χ3n) is 3.14. The second-order valence-electron chi connectivity index (χ2n) is 5.26. The summed E-state index contributed by atoms with van der Waals surface area (Å²) in [6, 6.07) is 8.23. The summed E-state index contributed by atoms with van der Waals surface area (Å²) in [5, 5.41) is 2.94. The number of amides is 1. The monoisotopic (exact) mass is 261 g/mol. The molecule has 3 nitrogen and oxygen atoms in total. The molecule has 0 bridgehead atoms. The lowest BCUT2D eigenvalue weighted by Gasteiger charge is -2.23. The lowest BCUT2D eigenvalue weighted by Crippen LogP contribution is -2.32. The lowest BCUT2D eigenvalue weighted by atomic mass is 9.94. The predicted molar refractivity (Wildman–Crippen MR) is 76.8 cm³/mol. The molecule has 1 aromatic carbocycles. The van der Waals surface area contributed by atoms with Crippen LogP contribution in [0.2, 0.25) is 0 Å². The Morgan fingerprint density at radius 2 is 1.74 bits per heavy atom. The standard InChI is InChI=1S/C16H23NO2/c1-5-13-6-8-14(9-7-13)16(11(2)3)17-15(19)10-12(4)18/h6-9,11,16H,5,10H2,1-4H3,(H,17,19). The van der Waals surface area contributed by atoms with Crippen LogP contribution in [0.3, 0.4) is 0 Å². The maximum absolute atomic E-state index is 11.7. The van der Waals surface area contributed by atoms with Crippen molar-refractivity contribution in [1.82, 2.24) is 5.32 Å². The molecular weight excluding hydrogens is 238 g/mol. The molecule has 1 amide bonds. The molecule has 1 aromatic rings. The molecular formula is C16H23NO2. The molecule has 0 aliphatic carbocycles. The van der Waals surface area contributed by atoms with E-state index in [0.717, 1.165) is 12.0 Å². The number of aryl methyl sites for hydroxylation is 1. The van der Waals surface area contributed by atoms with E-state index < -0.39 is 0 Å². The molecule has 0 aliphatic rings. The van der Waals surface area contributed by atoms with E-state index in [-0.39, 0.29) is 30.1 Å². The van der Waals surface area contributed by atoms with Gasteiger partial charge in [0.2, 0.25) is 5.91 Å². The van der Waals surface area contributed by atoms with Crippen molar-refractivity contribution in [3.8, 4) is 0 Å². The van der Waals surface area contributed by atoms with Crippen molar-refractivity contribution >= 4 is 11.7 Å². The summed E-state index contributed by atoms with van der Waals surface area (Å²) in [7, 11) is 0. The summed E-state index contributed by atoms with van der Waals surface area (Å²) in [5.41, 5.74) is 2.37. The summed E-state index contributed by atoms with van der Waals surface area (Å²) in [6.45, 7) is 7.67. The predicted octanol–water partition coefficient (Wildman–Crippen LogP) is 3.04. The van der Waals surface area contributed by atoms with Gasteiger partial charge in [-0.25, -0.2) is 0 Å². The highest BCUT2D eigenvalue weighted by molar-refractivity contribution is 5.96. The Bertz CT molecular complexity index is 435. The maximum atomic E-state index is 11.7. The number of hydrogen-bond acceptors (Lipinski definition) is 2. The Morgan fingerprint density at radius 1 is 1.16 bits per heavy atom. The van der Waals surface area contributed by atoms with Gasteiger partial charge in [-0.1, -0.05) is 45.0 Å². The minimum absolute atomic E-state index is 0.0437. The fraction of sp³-hybridized carbons (Fsp3) is 0.500. The highest BCUT2D eigenvalue weighted by Crippen LogP contribution is 2.22. The summed E-state index contributed by atoms with van der Waals surface area (Å²) < 4.78 is 0. The molecule has 0 heterocycles. The first-order valence-corrected chi connectivity index (χ1v) is 6.81. The zero-order chi connectivity index (χ0) is 14.4. The van der Waals surface area contributed by atoms with E-state index in [1.807, 2.05) is 0 Å². The van der Waals surface area contributed by atoms with Gasteiger partial charge in [-0.05, 0) is 30.4 Å². The van der Waals surface area contributed by atoms with Gasteiger partial charge in [0.25, 0.3) is 0 Å². The van der Waals surface area contributed by atoms with Gasteiger partial charge >= 0.3 is 0 Å². The highest BCUT2D eigenvalue weighted by Gasteiger charge is 2.18. The number of benzene rings is 1. The Labute approximate surface area is 115 Å². The van der Waals surface area contributed by atoms with Gasteiger partial charge in [-0.2, -0.15) is 0 Å². The van der Waals surface area contributed by atoms with Crippen LogP contribution in [0.5, 0.6) is 0 Å². The largest absolute Gasteiger partial charge is 0.349 e. The zero-order valence-electron chi connectivity index (χ0n) is 12.2. The second-order valence-corrected chi connectivity index (χ2v) is 5.26. The van der Waals surface area contributed by atoms with Crippen LogP contribution < -0.4 is 5.32 Å². The second kappa shape index (κ2) is 7.07. The molecule has 3 heteroatoms. The topological polar surface area (TPSA) is 46.2 Å². The van der Waals surface area contributed by atoms with Crippen molar-refractivity contribution in [3.05, 3.63) is 35.4 Å². The van der Waals surface area contributed by atoms with Crippen molar-refractivity contribution in [1.29, 1.82) is 0 Å². The minimum atomic E-state index is -0.203. The molecule has 0 saturated carbocycles. The number of ketones is 1. The normalized spacial score (nSPS) is 12.3. The summed E-state index contributed by atoms with van der Waals surface area (Å²) in [6.07, 6.45) is 0.958. The number of carbonyl (C=O) groups is 2. The average Bonchev–Trinajstić information content (AvgIpc) is 2.35. The van der Waals surface area contributed by atoms with Crippen LogP contribution in [0.25, 0.3) is 0 Å². The molecule has 1 unspecified atom stereocenters. The molecule has 0 fully saturated rings. The van der Waals surface area contributed by atoms with Crippen LogP contribution in [-0.4, -0.2) is 11.7 Å². The number of carbonyl (C=O) groups excluding carboxylic acids is 2. The summed E-state index contributed by atoms with van der Waals surface area (Å²) in [5.74, 6) is -0.0320. The Kier molecular flexibility index (Phi) is 5.74. The Balaban J connectivity index is 2.81. The molecule has 1 N–H and O–H groups in total. The Morgan fingerprint density at radius 3 is 2.16 bits per heavy atom. The molecule has 0 aliphatic heterocycles. The van der Waals surface area contributed by atoms with Crippen molar-refractivity contribution in [2.45, 2.75) is 46.6 Å². The number of nitrogens with one attached hydrogen (secondary N) is 1. The number of hydrogen-bond donors (Lipinski definition) is 1. The summed E-state index contributed by atoms with van der Waals surface area (Å²) >= 11 is 0. The third-order valence-corrected chi connectivity index (χ3v) is 3.14. The van der Waals surface area contributed by atoms with Crippen molar-refractivity contribution in [2.24, 2.45) is 5.92 Å². The van der Waals surface area contributed by atoms with Crippen LogP contribution in [-0.2, 0) is 16.0 Å². The van der Waals surface area contributed by atoms with Crippen LogP contribution in [0.15, 0.2) is 24.3 Å². The smallest absolute Gasteiger partial charge is 0.227 e. The van der Waals surface area contributed by atoms with Gasteiger partial charge in [-0.15, -0.1) is 0 Å². The van der Waals surface area contributed by atoms with Gasteiger partial charge in [-0.3, -0.25) is 9.59 Å². The van der Waals surface area contributed by atoms with Crippen LogP contribution in [0, 0.1) is 5.92 Å². The van der Waals surface area contributed by atoms with Gasteiger partial charge in [0, 0.05) is 0 Å². The van der Waals surface area contributed by atoms with Gasteiger partial charge in [0.15, 0.2) is 0 Å². The molecule has 0 saturated heterocycles. The van der Waals surface area contributed by atoms with E-state index in [9.17, 15) is 9.59 Å². The first kappa shape index (κ1) is 15.4. The van der Waals surface area contributed by atoms with Crippen molar-refractivity contribution in [2.75, 3.05) is 0 Å². The average molecular weight is 261 g/mol. The summed E-state index contributed by atoms with van der Waals surface area (Å²) in [4.78, 5) is 22.7. The van der Waals surface area contributed by atoms with Crippen LogP contribution >= 0.6 is 0 Å². The third kappa shape index (κ3) is 4.86. The van der Waals surface area contributed by atoms with Crippen molar-refractivity contribution in [3.63, 3.8) is 0 Å². The quantitative estimate of drug-likeness (QED) is 0.800. The minimum Gasteiger partial charge on any atom is -0.349 e. The van der Waals surface area contributed by atoms with Gasteiger partial charge in [0.05, 0.1) is 12.5 Å². The van der Waals surface area contributed by atoms with Gasteiger partial charge < -0.3 is 5.32 Å². The first-order valence-electron chi connectivity index (χ1n) is 6.81. The van der Waals surface area contributed by atoms with E-state index in [1.54, 1.807) is 0 Å². The SMILES string of the molecule is CCc1ccc(C(NC(=O)CC(C)=O)C(C)C)cc1. The zero-order valence-corrected chi connectivity index (χ0v) is 12.2. The van der Waals surface area contributed by atoms with E-state index >= 15 is 0 Å². The molecule has 0 radical (unpaired) electrons. The van der Waals surface area contributed by atoms with E-state index in [1.165, 1.54) is 12.5 Å². The van der Waals surface area contributed by atoms with Crippen LogP contribution in [0.1, 0.15) is 51.3 Å². The molecule has 1 atom stereocenters. The molecule has 104 valence electrons. The van der Waals surface area contributed by atoms with E-state index in [2.05, 4.69) is 50.4 Å². The Hall–Kier alpha value is -1.64. The maximum Gasteiger partial charge on any atom is 0.227 e. The number of Topliss-reactive ketones (excluding diaryl/α,β-unsaturated/α-hetero) is 1. The van der Waals surface area contributed by atoms with E-state index in [4.69, 9.17) is 0 Å². The molecule has 19 heavy (non-hydrogen) atoms. The first-order chi connectivity index (χ1) is 8.93. The fourth-order valence-corrected chi connectivity index (χ4v) is 2.05. The lowest BCUT2D eigenvalue weighted by molar-refractivity contribution is -0.127. The van der Waals surface area contributed by atoms with E-state index in [0.29, 0.717) is 0 Å². The highest BCUT2D eigenvalue weighted by atomic mass is 16.2. The fourth-order valence-electron chi connectivity index (χ4n) is 2.05. The number of rotatable bonds is 6.